The molecule has 0 N–H and O–H groups in total. The SMILES string of the molecule is Br.c1ncn(-c2cncs2)n1. The molecular weight excluding hydrogens is 228 g/mol. The highest BCUT2D eigenvalue weighted by molar-refractivity contribution is 8.93. The molecule has 0 saturated heterocycles. The van der Waals surface area contributed by atoms with Crippen molar-refractivity contribution in [1.29, 1.82) is 0 Å². The molecule has 4 nitrogen and oxygen atoms in total. The molecule has 0 atom stereocenters. The Balaban J connectivity index is 0.000000605. The van der Waals surface area contributed by atoms with Gasteiger partial charge >= 0.3 is 0 Å². The van der Waals surface area contributed by atoms with Crippen LogP contribution in [0.3, 0.4) is 0 Å². The van der Waals surface area contributed by atoms with Crippen molar-refractivity contribution in [2.45, 2.75) is 0 Å². The fourth-order valence-electron chi connectivity index (χ4n) is 0.644. The van der Waals surface area contributed by atoms with Crippen molar-refractivity contribution in [3.05, 3.63) is 24.4 Å². The van der Waals surface area contributed by atoms with Gasteiger partial charge in [0.05, 0.1) is 11.7 Å². The minimum Gasteiger partial charge on any atom is -0.251 e. The molecule has 0 fully saturated rings. The Kier molecular flexibility index (Phi) is 2.72. The molecule has 58 valence electrons. The Hall–Kier alpha value is -0.750. The van der Waals surface area contributed by atoms with Crippen molar-refractivity contribution in [2.75, 3.05) is 0 Å². The Labute approximate surface area is 77.7 Å². The van der Waals surface area contributed by atoms with Crippen molar-refractivity contribution in [2.24, 2.45) is 0 Å². The molecule has 2 heterocycles. The van der Waals surface area contributed by atoms with Gasteiger partial charge in [-0.15, -0.1) is 28.3 Å². The van der Waals surface area contributed by atoms with Crippen LogP contribution >= 0.6 is 28.3 Å². The van der Waals surface area contributed by atoms with Crippen LogP contribution in [0.25, 0.3) is 5.00 Å². The first-order chi connectivity index (χ1) is 4.97. The maximum absolute atomic E-state index is 3.93. The third-order valence-corrected chi connectivity index (χ3v) is 1.82. The van der Waals surface area contributed by atoms with Gasteiger partial charge in [0.15, 0.2) is 0 Å². The summed E-state index contributed by atoms with van der Waals surface area (Å²) < 4.78 is 1.68. The highest BCUT2D eigenvalue weighted by Gasteiger charge is 1.95. The molecule has 0 bridgehead atoms. The van der Waals surface area contributed by atoms with Gasteiger partial charge in [-0.3, -0.25) is 4.98 Å². The smallest absolute Gasteiger partial charge is 0.139 e. The van der Waals surface area contributed by atoms with Crippen LogP contribution in [-0.2, 0) is 0 Å². The van der Waals surface area contributed by atoms with Crippen LogP contribution < -0.4 is 0 Å². The van der Waals surface area contributed by atoms with Gasteiger partial charge in [0.1, 0.15) is 17.7 Å². The van der Waals surface area contributed by atoms with Gasteiger partial charge in [0.25, 0.3) is 0 Å². The van der Waals surface area contributed by atoms with Crippen molar-refractivity contribution >= 4 is 28.3 Å². The lowest BCUT2D eigenvalue weighted by molar-refractivity contribution is 0.893. The standard InChI is InChI=1S/C5H4N4S.BrH/c1-5(10-4-6-1)9-3-7-2-8-9;/h1-4H;1H. The van der Waals surface area contributed by atoms with Crippen LogP contribution in [0.5, 0.6) is 0 Å². The highest BCUT2D eigenvalue weighted by Crippen LogP contribution is 2.08. The molecule has 0 aromatic carbocycles. The predicted octanol–water partition coefficient (Wildman–Crippen LogP) is 1.30. The van der Waals surface area contributed by atoms with Crippen LogP contribution in [0.15, 0.2) is 24.4 Å². The summed E-state index contributed by atoms with van der Waals surface area (Å²) in [5, 5.41) is 4.92. The summed E-state index contributed by atoms with van der Waals surface area (Å²) in [6.45, 7) is 0. The van der Waals surface area contributed by atoms with E-state index in [9.17, 15) is 0 Å². The molecule has 2 aromatic heterocycles. The Bertz CT molecular complexity index is 258. The molecule has 0 amide bonds. The Morgan fingerprint density at radius 2 is 2.27 bits per heavy atom. The minimum atomic E-state index is 0. The Morgan fingerprint density at radius 3 is 2.82 bits per heavy atom. The predicted molar refractivity (Wildman–Crippen MR) is 47.4 cm³/mol. The summed E-state index contributed by atoms with van der Waals surface area (Å²) in [5.74, 6) is 0. The van der Waals surface area contributed by atoms with Crippen LogP contribution in [-0.4, -0.2) is 19.7 Å². The molecule has 0 radical (unpaired) electrons. The first-order valence-electron chi connectivity index (χ1n) is 2.70. The van der Waals surface area contributed by atoms with E-state index in [0.717, 1.165) is 5.00 Å². The molecule has 2 rings (SSSR count). The molecular formula is C5H5BrN4S. The zero-order valence-electron chi connectivity index (χ0n) is 5.41. The van der Waals surface area contributed by atoms with Crippen molar-refractivity contribution in [3.63, 3.8) is 0 Å². The number of thiazole rings is 1. The zero-order valence-corrected chi connectivity index (χ0v) is 7.94. The third kappa shape index (κ3) is 1.63. The summed E-state index contributed by atoms with van der Waals surface area (Å²) in [7, 11) is 0. The van der Waals surface area contributed by atoms with Crippen LogP contribution in [0.4, 0.5) is 0 Å². The minimum absolute atomic E-state index is 0. The summed E-state index contributed by atoms with van der Waals surface area (Å²) >= 11 is 1.53. The Morgan fingerprint density at radius 1 is 1.36 bits per heavy atom. The molecule has 2 aromatic rings. The van der Waals surface area contributed by atoms with Gasteiger partial charge in [-0.25, -0.2) is 9.67 Å². The topological polar surface area (TPSA) is 43.6 Å². The van der Waals surface area contributed by atoms with Gasteiger partial charge < -0.3 is 0 Å². The third-order valence-electron chi connectivity index (χ3n) is 1.06. The summed E-state index contributed by atoms with van der Waals surface area (Å²) in [6.07, 6.45) is 4.90. The van der Waals surface area contributed by atoms with Gasteiger partial charge in [-0.05, 0) is 0 Å². The molecule has 0 saturated carbocycles. The zero-order chi connectivity index (χ0) is 6.81. The van der Waals surface area contributed by atoms with E-state index in [1.165, 1.54) is 17.7 Å². The fourth-order valence-corrected chi connectivity index (χ4v) is 1.20. The molecule has 11 heavy (non-hydrogen) atoms. The average molecular weight is 233 g/mol. The van der Waals surface area contributed by atoms with Gasteiger partial charge in [-0.2, -0.15) is 5.10 Å². The number of aromatic nitrogens is 4. The number of hydrogen-bond donors (Lipinski definition) is 0. The van der Waals surface area contributed by atoms with E-state index >= 15 is 0 Å². The molecule has 6 heteroatoms. The van der Waals surface area contributed by atoms with Crippen molar-refractivity contribution in [3.8, 4) is 5.00 Å². The van der Waals surface area contributed by atoms with E-state index < -0.39 is 0 Å². The monoisotopic (exact) mass is 232 g/mol. The lowest BCUT2D eigenvalue weighted by Crippen LogP contribution is -1.88. The van der Waals surface area contributed by atoms with Crippen LogP contribution in [0.2, 0.25) is 0 Å². The van der Waals surface area contributed by atoms with Crippen LogP contribution in [0.1, 0.15) is 0 Å². The van der Waals surface area contributed by atoms with E-state index in [-0.39, 0.29) is 17.0 Å². The summed E-state index contributed by atoms with van der Waals surface area (Å²) in [6, 6.07) is 0. The van der Waals surface area contributed by atoms with E-state index in [2.05, 4.69) is 15.1 Å². The quantitative estimate of drug-likeness (QED) is 0.745. The van der Waals surface area contributed by atoms with Crippen molar-refractivity contribution in [1.82, 2.24) is 19.7 Å². The number of hydrogen-bond acceptors (Lipinski definition) is 4. The first-order valence-corrected chi connectivity index (χ1v) is 3.58. The maximum atomic E-state index is 3.93. The lowest BCUT2D eigenvalue weighted by atomic mass is 10.8. The van der Waals surface area contributed by atoms with E-state index in [0.29, 0.717) is 0 Å². The van der Waals surface area contributed by atoms with E-state index in [1.807, 2.05) is 0 Å². The summed E-state index contributed by atoms with van der Waals surface area (Å²) in [5.41, 5.74) is 1.76. The van der Waals surface area contributed by atoms with E-state index in [4.69, 9.17) is 0 Å². The maximum Gasteiger partial charge on any atom is 0.139 e. The largest absolute Gasteiger partial charge is 0.251 e. The number of nitrogens with zero attached hydrogens (tertiary/aromatic N) is 4. The second-order valence-corrected chi connectivity index (χ2v) is 2.54. The normalized spacial score (nSPS) is 9.09. The van der Waals surface area contributed by atoms with Gasteiger partial charge in [-0.1, -0.05) is 0 Å². The fraction of sp³-hybridized carbons (Fsp3) is 0. The summed E-state index contributed by atoms with van der Waals surface area (Å²) in [4.78, 5) is 7.72. The second kappa shape index (κ2) is 3.59. The first kappa shape index (κ1) is 8.35. The average Bonchev–Trinajstić information content (AvgIpc) is 2.59. The van der Waals surface area contributed by atoms with E-state index in [1.54, 1.807) is 22.7 Å². The van der Waals surface area contributed by atoms with Gasteiger partial charge in [0.2, 0.25) is 0 Å². The molecule has 0 aliphatic rings. The highest BCUT2D eigenvalue weighted by atomic mass is 79.9. The molecule has 0 spiro atoms. The number of halogens is 1. The second-order valence-electron chi connectivity index (χ2n) is 1.68. The van der Waals surface area contributed by atoms with Gasteiger partial charge in [0, 0.05) is 0 Å². The van der Waals surface area contributed by atoms with Crippen molar-refractivity contribution < 1.29 is 0 Å². The molecule has 0 aliphatic heterocycles. The number of rotatable bonds is 1. The molecule has 0 aliphatic carbocycles. The molecule has 0 unspecified atom stereocenters. The van der Waals surface area contributed by atoms with Crippen LogP contribution in [0, 0.1) is 0 Å². The lowest BCUT2D eigenvalue weighted by Gasteiger charge is -1.88.